The summed E-state index contributed by atoms with van der Waals surface area (Å²) in [5, 5.41) is 0. The van der Waals surface area contributed by atoms with Gasteiger partial charge >= 0.3 is 29.6 Å². The first-order valence-corrected chi connectivity index (χ1v) is 7.78. The van der Waals surface area contributed by atoms with Crippen molar-refractivity contribution in [3.63, 3.8) is 0 Å². The van der Waals surface area contributed by atoms with Gasteiger partial charge in [-0.2, -0.15) is 0 Å². The quantitative estimate of drug-likeness (QED) is 0.181. The minimum Gasteiger partial charge on any atom is -0.759 e. The standard InChI is InChI=1S/C12H25O.Na.H2O4S/c1-3-5-6-7-8-9-10-11-12-13-4-2;;1-5(2,3)4/h2-12H2,1H3;;(H2,1,2,3,4)/q-1;+1;/p-2. The topological polar surface area (TPSA) is 89.5 Å². The van der Waals surface area contributed by atoms with E-state index in [1.807, 2.05) is 0 Å². The molecule has 0 aliphatic rings. The summed E-state index contributed by atoms with van der Waals surface area (Å²) in [4.78, 5) is 0. The molecule has 0 aromatic carbocycles. The smallest absolute Gasteiger partial charge is 0.759 e. The van der Waals surface area contributed by atoms with Crippen LogP contribution in [-0.4, -0.2) is 30.7 Å². The van der Waals surface area contributed by atoms with Crippen molar-refractivity contribution in [2.45, 2.75) is 58.3 Å². The number of hydrogen-bond donors (Lipinski definition) is 0. The maximum atomic E-state index is 8.52. The second-order valence-electron chi connectivity index (χ2n) is 4.00. The summed E-state index contributed by atoms with van der Waals surface area (Å²) in [7, 11) is -5.17. The Labute approximate surface area is 140 Å². The molecule has 5 nitrogen and oxygen atoms in total. The van der Waals surface area contributed by atoms with Crippen molar-refractivity contribution in [1.29, 1.82) is 0 Å². The van der Waals surface area contributed by atoms with Gasteiger partial charge in [-0.1, -0.05) is 58.5 Å². The molecule has 0 radical (unpaired) electrons. The van der Waals surface area contributed by atoms with Gasteiger partial charge in [-0.05, 0) is 6.42 Å². The molecular formula is C12H25NaO5S-2. The van der Waals surface area contributed by atoms with Crippen LogP contribution in [0.15, 0.2) is 0 Å². The van der Waals surface area contributed by atoms with Crippen molar-refractivity contribution < 1.29 is 51.8 Å². The molecule has 0 bridgehead atoms. The van der Waals surface area contributed by atoms with Crippen LogP contribution in [0, 0.1) is 6.92 Å². The Hall–Kier alpha value is 0.830. The van der Waals surface area contributed by atoms with E-state index >= 15 is 0 Å². The fraction of sp³-hybridized carbons (Fsp3) is 0.917. The zero-order valence-corrected chi connectivity index (χ0v) is 15.0. The van der Waals surface area contributed by atoms with E-state index in [1.54, 1.807) is 0 Å². The number of ether oxygens (including phenoxy) is 1. The summed E-state index contributed by atoms with van der Waals surface area (Å²) in [6, 6.07) is 0. The minimum absolute atomic E-state index is 0. The number of unbranched alkanes of at least 4 members (excludes halogenated alkanes) is 7. The van der Waals surface area contributed by atoms with E-state index in [4.69, 9.17) is 22.3 Å². The van der Waals surface area contributed by atoms with Gasteiger partial charge in [-0.25, -0.2) is 0 Å². The Morgan fingerprint density at radius 2 is 1.32 bits per heavy atom. The molecule has 0 heterocycles. The van der Waals surface area contributed by atoms with Crippen LogP contribution in [0.25, 0.3) is 0 Å². The molecule has 0 rings (SSSR count). The maximum absolute atomic E-state index is 8.52. The molecule has 0 aromatic rings. The summed E-state index contributed by atoms with van der Waals surface area (Å²) in [6.45, 7) is 7.41. The van der Waals surface area contributed by atoms with Gasteiger partial charge < -0.3 is 20.8 Å². The van der Waals surface area contributed by atoms with Gasteiger partial charge in [0.15, 0.2) is 0 Å². The van der Waals surface area contributed by atoms with Crippen LogP contribution < -0.4 is 29.6 Å². The SMILES string of the molecule is O=S(=O)([O-])[O-].[CH2-]COCCCCCCCCCC.[Na+]. The predicted molar refractivity (Wildman–Crippen MR) is 69.3 cm³/mol. The summed E-state index contributed by atoms with van der Waals surface area (Å²) in [5.74, 6) is 0. The van der Waals surface area contributed by atoms with Crippen LogP contribution in [0.2, 0.25) is 0 Å². The largest absolute Gasteiger partial charge is 1.00 e. The van der Waals surface area contributed by atoms with E-state index < -0.39 is 10.4 Å². The van der Waals surface area contributed by atoms with Crippen LogP contribution in [-0.2, 0) is 15.1 Å². The zero-order chi connectivity index (χ0) is 14.3. The molecule has 0 amide bonds. The fourth-order valence-corrected chi connectivity index (χ4v) is 1.44. The van der Waals surface area contributed by atoms with E-state index in [0.29, 0.717) is 6.61 Å². The molecule has 0 aromatic heterocycles. The maximum Gasteiger partial charge on any atom is 1.00 e. The number of rotatable bonds is 10. The molecule has 0 N–H and O–H groups in total. The average Bonchev–Trinajstić information content (AvgIpc) is 2.25. The molecule has 0 spiro atoms. The Morgan fingerprint density at radius 1 is 0.947 bits per heavy atom. The second kappa shape index (κ2) is 18.8. The molecule has 0 unspecified atom stereocenters. The molecule has 0 aliphatic heterocycles. The fourth-order valence-electron chi connectivity index (χ4n) is 1.44. The van der Waals surface area contributed by atoms with E-state index in [1.165, 1.54) is 51.4 Å². The minimum atomic E-state index is -5.17. The molecule has 0 fully saturated rings. The van der Waals surface area contributed by atoms with Crippen molar-refractivity contribution in [3.05, 3.63) is 6.92 Å². The van der Waals surface area contributed by atoms with Gasteiger partial charge in [0.05, 0.1) is 0 Å². The van der Waals surface area contributed by atoms with Crippen molar-refractivity contribution in [2.24, 2.45) is 0 Å². The molecule has 7 heteroatoms. The molecule has 112 valence electrons. The summed E-state index contributed by atoms with van der Waals surface area (Å²) in [5.41, 5.74) is 0. The summed E-state index contributed by atoms with van der Waals surface area (Å²) in [6.07, 6.45) is 10.9. The second-order valence-corrected chi connectivity index (χ2v) is 4.81. The third kappa shape index (κ3) is 45.5. The van der Waals surface area contributed by atoms with Gasteiger partial charge in [-0.3, -0.25) is 8.42 Å². The Kier molecular flexibility index (Phi) is 24.6. The first kappa shape index (κ1) is 24.8. The van der Waals surface area contributed by atoms with Crippen LogP contribution in [0.1, 0.15) is 58.3 Å². The van der Waals surface area contributed by atoms with Gasteiger partial charge in [0.1, 0.15) is 0 Å². The van der Waals surface area contributed by atoms with E-state index in [2.05, 4.69) is 13.8 Å². The Balaban J connectivity index is -0.000000366. The van der Waals surface area contributed by atoms with Gasteiger partial charge in [0, 0.05) is 17.0 Å². The Bertz CT molecular complexity index is 227. The third-order valence-electron chi connectivity index (χ3n) is 2.29. The van der Waals surface area contributed by atoms with E-state index in [0.717, 1.165) is 6.61 Å². The summed E-state index contributed by atoms with van der Waals surface area (Å²) >= 11 is 0. The first-order chi connectivity index (χ1) is 8.41. The van der Waals surface area contributed by atoms with Gasteiger partial charge in [0.25, 0.3) is 0 Å². The predicted octanol–water partition coefficient (Wildman–Crippen LogP) is -0.356. The summed E-state index contributed by atoms with van der Waals surface area (Å²) < 4.78 is 39.3. The molecule has 0 saturated heterocycles. The molecule has 0 aliphatic carbocycles. The Morgan fingerprint density at radius 3 is 1.68 bits per heavy atom. The van der Waals surface area contributed by atoms with Crippen LogP contribution in [0.5, 0.6) is 0 Å². The van der Waals surface area contributed by atoms with Crippen molar-refractivity contribution >= 4 is 10.4 Å². The van der Waals surface area contributed by atoms with Crippen LogP contribution >= 0.6 is 0 Å². The van der Waals surface area contributed by atoms with Crippen molar-refractivity contribution in [2.75, 3.05) is 13.2 Å². The average molecular weight is 304 g/mol. The van der Waals surface area contributed by atoms with Crippen molar-refractivity contribution in [1.82, 2.24) is 0 Å². The normalized spacial score (nSPS) is 10.3. The first-order valence-electron chi connectivity index (χ1n) is 6.45. The van der Waals surface area contributed by atoms with E-state index in [-0.39, 0.29) is 29.6 Å². The van der Waals surface area contributed by atoms with Crippen molar-refractivity contribution in [3.8, 4) is 0 Å². The van der Waals surface area contributed by atoms with Crippen LogP contribution in [0.3, 0.4) is 0 Å². The molecule has 19 heavy (non-hydrogen) atoms. The number of hydrogen-bond acceptors (Lipinski definition) is 5. The van der Waals surface area contributed by atoms with Gasteiger partial charge in [-0.15, -0.1) is 0 Å². The molecular weight excluding hydrogens is 279 g/mol. The third-order valence-corrected chi connectivity index (χ3v) is 2.29. The molecule has 0 atom stereocenters. The van der Waals surface area contributed by atoms with Gasteiger partial charge in [0.2, 0.25) is 0 Å². The molecule has 0 saturated carbocycles. The monoisotopic (exact) mass is 304 g/mol. The van der Waals surface area contributed by atoms with Crippen LogP contribution in [0.4, 0.5) is 0 Å². The van der Waals surface area contributed by atoms with E-state index in [9.17, 15) is 0 Å². The zero-order valence-electron chi connectivity index (χ0n) is 12.2.